The molecule has 0 atom stereocenters. The molecule has 0 saturated carbocycles. The highest BCUT2D eigenvalue weighted by Gasteiger charge is 2.27. The number of benzene rings is 2. The first-order valence-electron chi connectivity index (χ1n) is 9.67. The smallest absolute Gasteiger partial charge is 0.337 e. The maximum absolute atomic E-state index is 13.2. The summed E-state index contributed by atoms with van der Waals surface area (Å²) >= 11 is 1.46. The largest absolute Gasteiger partial charge is 0.486 e. The Morgan fingerprint density at radius 1 is 1.00 bits per heavy atom. The van der Waals surface area contributed by atoms with E-state index in [1.807, 2.05) is 42.5 Å². The molecule has 5 rings (SSSR count). The van der Waals surface area contributed by atoms with E-state index in [1.165, 1.54) is 18.4 Å². The van der Waals surface area contributed by atoms with Crippen LogP contribution in [-0.4, -0.2) is 38.7 Å². The number of ether oxygens (including phenoxy) is 3. The Balaban J connectivity index is 1.39. The molecular formula is C23H19NO5S. The van der Waals surface area contributed by atoms with Crippen LogP contribution in [0.4, 0.5) is 5.69 Å². The third kappa shape index (κ3) is 3.21. The van der Waals surface area contributed by atoms with Gasteiger partial charge in [-0.2, -0.15) is 0 Å². The summed E-state index contributed by atoms with van der Waals surface area (Å²) in [7, 11) is 1.36. The second kappa shape index (κ2) is 7.50. The van der Waals surface area contributed by atoms with Gasteiger partial charge in [-0.1, -0.05) is 0 Å². The highest BCUT2D eigenvalue weighted by molar-refractivity contribution is 7.17. The van der Waals surface area contributed by atoms with Gasteiger partial charge < -0.3 is 19.1 Å². The van der Waals surface area contributed by atoms with Crippen LogP contribution >= 0.6 is 11.3 Å². The van der Waals surface area contributed by atoms with Crippen molar-refractivity contribution >= 4 is 28.9 Å². The number of hydrogen-bond acceptors (Lipinski definition) is 6. The van der Waals surface area contributed by atoms with Gasteiger partial charge >= 0.3 is 5.97 Å². The van der Waals surface area contributed by atoms with Crippen molar-refractivity contribution in [2.75, 3.05) is 31.8 Å². The molecule has 0 bridgehead atoms. The average Bonchev–Trinajstić information content (AvgIpc) is 3.45. The lowest BCUT2D eigenvalue weighted by molar-refractivity contribution is 0.0600. The third-order valence-corrected chi connectivity index (χ3v) is 6.41. The summed E-state index contributed by atoms with van der Waals surface area (Å²) in [6.07, 6.45) is 0.715. The molecule has 0 saturated heterocycles. The summed E-state index contributed by atoms with van der Waals surface area (Å²) < 4.78 is 16.0. The summed E-state index contributed by atoms with van der Waals surface area (Å²) in [4.78, 5) is 28.4. The van der Waals surface area contributed by atoms with E-state index in [0.29, 0.717) is 36.6 Å². The summed E-state index contributed by atoms with van der Waals surface area (Å²) in [5.74, 6) is 1.08. The van der Waals surface area contributed by atoms with Gasteiger partial charge in [0.15, 0.2) is 11.5 Å². The van der Waals surface area contributed by atoms with E-state index in [4.69, 9.17) is 14.2 Å². The molecule has 0 aliphatic carbocycles. The van der Waals surface area contributed by atoms with Gasteiger partial charge in [0, 0.05) is 17.1 Å². The van der Waals surface area contributed by atoms with Crippen molar-refractivity contribution in [2.45, 2.75) is 6.42 Å². The number of esters is 1. The Kier molecular flexibility index (Phi) is 4.67. The van der Waals surface area contributed by atoms with Crippen molar-refractivity contribution in [1.82, 2.24) is 0 Å². The molecular weight excluding hydrogens is 402 g/mol. The number of carbonyl (C=O) groups excluding carboxylic acids is 2. The molecule has 0 fully saturated rings. The van der Waals surface area contributed by atoms with Gasteiger partial charge in [0.25, 0.3) is 5.91 Å². The standard InChI is InChI=1S/C23H19NO5S/c1-27-23(26)16-2-4-17-14(12-16)8-9-24(17)22(25)21-7-6-20(30-21)15-3-5-18-19(13-15)29-11-10-28-18/h2-7,12-13H,8-11H2,1H3. The van der Waals surface area contributed by atoms with Gasteiger partial charge in [-0.15, -0.1) is 11.3 Å². The molecule has 2 aliphatic heterocycles. The Morgan fingerprint density at radius 3 is 2.67 bits per heavy atom. The van der Waals surface area contributed by atoms with Crippen LogP contribution in [0.2, 0.25) is 0 Å². The second-order valence-corrected chi connectivity index (χ2v) is 8.15. The van der Waals surface area contributed by atoms with E-state index >= 15 is 0 Å². The van der Waals surface area contributed by atoms with E-state index in [2.05, 4.69) is 0 Å². The van der Waals surface area contributed by atoms with Crippen molar-refractivity contribution in [3.05, 3.63) is 64.5 Å². The normalized spacial score (nSPS) is 14.4. The summed E-state index contributed by atoms with van der Waals surface area (Å²) in [5, 5.41) is 0. The molecule has 1 amide bonds. The van der Waals surface area contributed by atoms with Crippen LogP contribution in [0.3, 0.4) is 0 Å². The lowest BCUT2D eigenvalue weighted by Gasteiger charge is -2.18. The zero-order chi connectivity index (χ0) is 20.7. The minimum atomic E-state index is -0.370. The van der Waals surface area contributed by atoms with Gasteiger partial charge in [-0.3, -0.25) is 4.79 Å². The van der Waals surface area contributed by atoms with Gasteiger partial charge in [-0.25, -0.2) is 4.79 Å². The van der Waals surface area contributed by atoms with Crippen molar-refractivity contribution in [2.24, 2.45) is 0 Å². The molecule has 30 heavy (non-hydrogen) atoms. The highest BCUT2D eigenvalue weighted by atomic mass is 32.1. The molecule has 0 spiro atoms. The maximum atomic E-state index is 13.2. The van der Waals surface area contributed by atoms with Crippen LogP contribution in [0.25, 0.3) is 10.4 Å². The van der Waals surface area contributed by atoms with Crippen LogP contribution in [0, 0.1) is 0 Å². The fraction of sp³-hybridized carbons (Fsp3) is 0.217. The molecule has 0 unspecified atom stereocenters. The van der Waals surface area contributed by atoms with Gasteiger partial charge in [0.1, 0.15) is 13.2 Å². The number of hydrogen-bond donors (Lipinski definition) is 0. The zero-order valence-electron chi connectivity index (χ0n) is 16.3. The van der Waals surface area contributed by atoms with E-state index < -0.39 is 0 Å². The van der Waals surface area contributed by atoms with Gasteiger partial charge in [0.2, 0.25) is 0 Å². The van der Waals surface area contributed by atoms with Crippen LogP contribution in [0.15, 0.2) is 48.5 Å². The summed E-state index contributed by atoms with van der Waals surface area (Å²) in [6.45, 7) is 1.69. The van der Waals surface area contributed by atoms with Crippen molar-refractivity contribution in [3.8, 4) is 21.9 Å². The van der Waals surface area contributed by atoms with E-state index in [1.54, 1.807) is 11.0 Å². The molecule has 1 aromatic heterocycles. The molecule has 3 aromatic rings. The van der Waals surface area contributed by atoms with E-state index in [0.717, 1.165) is 33.2 Å². The van der Waals surface area contributed by atoms with Gasteiger partial charge in [-0.05, 0) is 66.1 Å². The molecule has 6 nitrogen and oxygen atoms in total. The number of carbonyl (C=O) groups is 2. The van der Waals surface area contributed by atoms with Crippen molar-refractivity contribution < 1.29 is 23.8 Å². The predicted octanol–water partition coefficient (Wildman–Crippen LogP) is 4.18. The Morgan fingerprint density at radius 2 is 1.83 bits per heavy atom. The van der Waals surface area contributed by atoms with Crippen LogP contribution in [0.5, 0.6) is 11.5 Å². The molecule has 0 N–H and O–H groups in total. The number of thiophene rings is 1. The first kappa shape index (κ1) is 18.7. The molecule has 152 valence electrons. The van der Waals surface area contributed by atoms with Crippen molar-refractivity contribution in [3.63, 3.8) is 0 Å². The third-order valence-electron chi connectivity index (χ3n) is 5.28. The summed E-state index contributed by atoms with van der Waals surface area (Å²) in [6, 6.07) is 15.0. The number of rotatable bonds is 3. The minimum absolute atomic E-state index is 0.0339. The van der Waals surface area contributed by atoms with Gasteiger partial charge in [0.05, 0.1) is 17.6 Å². The number of anilines is 1. The van der Waals surface area contributed by atoms with Crippen LogP contribution in [0.1, 0.15) is 25.6 Å². The lowest BCUT2D eigenvalue weighted by atomic mass is 10.1. The van der Waals surface area contributed by atoms with Crippen molar-refractivity contribution in [1.29, 1.82) is 0 Å². The Labute approximate surface area is 177 Å². The van der Waals surface area contributed by atoms with Crippen LogP contribution < -0.4 is 14.4 Å². The fourth-order valence-corrected chi connectivity index (χ4v) is 4.75. The SMILES string of the molecule is COC(=O)c1ccc2c(c1)CCN2C(=O)c1ccc(-c2ccc3c(c2)OCCO3)s1. The molecule has 2 aliphatic rings. The number of methoxy groups -OCH3 is 1. The molecule has 0 radical (unpaired) electrons. The van der Waals surface area contributed by atoms with E-state index in [-0.39, 0.29) is 11.9 Å². The monoisotopic (exact) mass is 421 g/mol. The predicted molar refractivity (Wildman–Crippen MR) is 114 cm³/mol. The summed E-state index contributed by atoms with van der Waals surface area (Å²) in [5.41, 5.74) is 3.33. The topological polar surface area (TPSA) is 65.1 Å². The fourth-order valence-electron chi connectivity index (χ4n) is 3.80. The first-order valence-corrected chi connectivity index (χ1v) is 10.5. The Bertz CT molecular complexity index is 1150. The average molecular weight is 421 g/mol. The van der Waals surface area contributed by atoms with E-state index in [9.17, 15) is 9.59 Å². The minimum Gasteiger partial charge on any atom is -0.486 e. The zero-order valence-corrected chi connectivity index (χ0v) is 17.2. The highest BCUT2D eigenvalue weighted by Crippen LogP contribution is 2.38. The first-order chi connectivity index (χ1) is 14.6. The quantitative estimate of drug-likeness (QED) is 0.594. The maximum Gasteiger partial charge on any atom is 0.337 e. The lowest BCUT2D eigenvalue weighted by Crippen LogP contribution is -2.28. The number of nitrogens with zero attached hydrogens (tertiary/aromatic N) is 1. The second-order valence-electron chi connectivity index (χ2n) is 7.06. The number of fused-ring (bicyclic) bond motifs is 2. The number of amides is 1. The molecule has 2 aromatic carbocycles. The molecule has 7 heteroatoms. The molecule has 3 heterocycles. The Hall–Kier alpha value is -3.32. The van der Waals surface area contributed by atoms with Crippen LogP contribution in [-0.2, 0) is 11.2 Å².